The fourth-order valence-electron chi connectivity index (χ4n) is 3.71. The Hall–Kier alpha value is -0.810. The molecule has 0 aromatic rings. The molecule has 0 bridgehead atoms. The summed E-state index contributed by atoms with van der Waals surface area (Å²) in [7, 11) is 2.19. The minimum absolute atomic E-state index is 0.300. The normalized spacial score (nSPS) is 23.0. The summed E-state index contributed by atoms with van der Waals surface area (Å²) in [4.78, 5) is 14.3. The second kappa shape index (κ2) is 8.34. The zero-order chi connectivity index (χ0) is 16.9. The Morgan fingerprint density at radius 2 is 1.78 bits per heavy atom. The Morgan fingerprint density at radius 3 is 2.35 bits per heavy atom. The number of amides is 1. The largest absolute Gasteiger partial charge is 0.444 e. The lowest BCUT2D eigenvalue weighted by Crippen LogP contribution is -2.52. The zero-order valence-corrected chi connectivity index (χ0v) is 15.4. The molecule has 1 aliphatic heterocycles. The molecule has 1 saturated heterocycles. The lowest BCUT2D eigenvalue weighted by Gasteiger charge is -2.35. The number of rotatable bonds is 5. The molecule has 2 N–H and O–H groups in total. The molecule has 2 fully saturated rings. The third kappa shape index (κ3) is 6.68. The van der Waals surface area contributed by atoms with Gasteiger partial charge < -0.3 is 20.3 Å². The molecule has 1 amide bonds. The van der Waals surface area contributed by atoms with Gasteiger partial charge in [-0.05, 0) is 72.5 Å². The van der Waals surface area contributed by atoms with Gasteiger partial charge in [0.25, 0.3) is 0 Å². The quantitative estimate of drug-likeness (QED) is 0.816. The average Bonchev–Trinajstić information content (AvgIpc) is 2.97. The molecule has 134 valence electrons. The number of nitrogens with one attached hydrogen (secondary N) is 2. The van der Waals surface area contributed by atoms with Gasteiger partial charge in [0.1, 0.15) is 5.60 Å². The first-order chi connectivity index (χ1) is 10.8. The molecular weight excluding hydrogens is 290 g/mol. The topological polar surface area (TPSA) is 53.6 Å². The number of likely N-dealkylation sites (tertiary alicyclic amines) is 1. The lowest BCUT2D eigenvalue weighted by atomic mass is 9.95. The summed E-state index contributed by atoms with van der Waals surface area (Å²) in [6, 6.07) is 0.954. The van der Waals surface area contributed by atoms with Crippen LogP contribution in [-0.2, 0) is 4.74 Å². The fraction of sp³-hybridized carbons (Fsp3) is 0.944. The van der Waals surface area contributed by atoms with E-state index in [0.717, 1.165) is 13.1 Å². The zero-order valence-electron chi connectivity index (χ0n) is 15.4. The molecule has 1 heterocycles. The van der Waals surface area contributed by atoms with Gasteiger partial charge in [0.15, 0.2) is 0 Å². The van der Waals surface area contributed by atoms with Crippen LogP contribution in [0.4, 0.5) is 4.79 Å². The Bertz CT molecular complexity index is 367. The van der Waals surface area contributed by atoms with Crippen LogP contribution in [-0.4, -0.2) is 55.4 Å². The molecule has 5 nitrogen and oxygen atoms in total. The van der Waals surface area contributed by atoms with Crippen molar-refractivity contribution in [2.24, 2.45) is 5.92 Å². The number of nitrogens with zero attached hydrogens (tertiary/aromatic N) is 1. The number of alkyl carbamates (subject to hydrolysis) is 1. The van der Waals surface area contributed by atoms with Crippen molar-refractivity contribution in [1.82, 2.24) is 15.5 Å². The summed E-state index contributed by atoms with van der Waals surface area (Å²) in [6.45, 7) is 8.70. The number of carbonyl (C=O) groups is 1. The summed E-state index contributed by atoms with van der Waals surface area (Å²) in [5, 5.41) is 6.82. The molecule has 0 spiro atoms. The Labute approximate surface area is 141 Å². The summed E-state index contributed by atoms with van der Waals surface area (Å²) >= 11 is 0. The summed E-state index contributed by atoms with van der Waals surface area (Å²) in [5.41, 5.74) is -0.436. The molecular formula is C18H35N3O2. The molecule has 5 heteroatoms. The lowest BCUT2D eigenvalue weighted by molar-refractivity contribution is 0.0515. The van der Waals surface area contributed by atoms with E-state index in [9.17, 15) is 4.79 Å². The molecule has 0 aromatic carbocycles. The molecule has 0 aromatic heterocycles. The number of hydrogen-bond acceptors (Lipinski definition) is 4. The van der Waals surface area contributed by atoms with Crippen LogP contribution < -0.4 is 10.6 Å². The minimum atomic E-state index is -0.436. The van der Waals surface area contributed by atoms with E-state index in [1.165, 1.54) is 38.5 Å². The highest BCUT2D eigenvalue weighted by atomic mass is 16.6. The number of ether oxygens (including phenoxy) is 1. The van der Waals surface area contributed by atoms with E-state index in [1.54, 1.807) is 0 Å². The number of carbonyl (C=O) groups excluding carboxylic acids is 1. The van der Waals surface area contributed by atoms with Gasteiger partial charge in [0.2, 0.25) is 0 Å². The third-order valence-electron chi connectivity index (χ3n) is 5.00. The highest BCUT2D eigenvalue weighted by molar-refractivity contribution is 5.67. The van der Waals surface area contributed by atoms with Crippen LogP contribution >= 0.6 is 0 Å². The van der Waals surface area contributed by atoms with Crippen molar-refractivity contribution >= 4 is 6.09 Å². The molecule has 2 aliphatic rings. The average molecular weight is 325 g/mol. The molecule has 1 atom stereocenters. The van der Waals surface area contributed by atoms with Gasteiger partial charge in [-0.15, -0.1) is 0 Å². The van der Waals surface area contributed by atoms with Gasteiger partial charge in [-0.25, -0.2) is 4.79 Å². The van der Waals surface area contributed by atoms with E-state index in [0.29, 0.717) is 24.5 Å². The second-order valence-electron chi connectivity index (χ2n) is 8.28. The Kier molecular flexibility index (Phi) is 6.72. The van der Waals surface area contributed by atoms with Crippen molar-refractivity contribution in [1.29, 1.82) is 0 Å². The van der Waals surface area contributed by atoms with E-state index in [1.807, 2.05) is 20.8 Å². The van der Waals surface area contributed by atoms with Crippen molar-refractivity contribution in [3.8, 4) is 0 Å². The molecule has 1 aliphatic carbocycles. The van der Waals surface area contributed by atoms with E-state index in [-0.39, 0.29) is 6.09 Å². The standard InChI is InChI=1S/C18H35N3O2/c1-18(2,3)23-17(22)19-13-16(14-7-5-6-8-14)20-15-9-11-21(4)12-10-15/h14-16,20H,5-13H2,1-4H3,(H,19,22). The Morgan fingerprint density at radius 1 is 1.17 bits per heavy atom. The van der Waals surface area contributed by atoms with Gasteiger partial charge in [-0.1, -0.05) is 12.8 Å². The van der Waals surface area contributed by atoms with Crippen LogP contribution in [0.25, 0.3) is 0 Å². The first kappa shape index (κ1) is 18.5. The predicted octanol–water partition coefficient (Wildman–Crippen LogP) is 2.75. The molecule has 1 saturated carbocycles. The second-order valence-corrected chi connectivity index (χ2v) is 8.28. The van der Waals surface area contributed by atoms with Crippen LogP contribution in [0.5, 0.6) is 0 Å². The van der Waals surface area contributed by atoms with Gasteiger partial charge in [-0.2, -0.15) is 0 Å². The van der Waals surface area contributed by atoms with Crippen molar-refractivity contribution in [3.63, 3.8) is 0 Å². The molecule has 0 radical (unpaired) electrons. The summed E-state index contributed by atoms with van der Waals surface area (Å²) in [5.74, 6) is 0.685. The number of piperidine rings is 1. The van der Waals surface area contributed by atoms with Crippen molar-refractivity contribution in [2.75, 3.05) is 26.7 Å². The van der Waals surface area contributed by atoms with Gasteiger partial charge in [0, 0.05) is 18.6 Å². The third-order valence-corrected chi connectivity index (χ3v) is 5.00. The first-order valence-corrected chi connectivity index (χ1v) is 9.25. The SMILES string of the molecule is CN1CCC(NC(CNC(=O)OC(C)(C)C)C2CCCC2)CC1. The fourth-order valence-corrected chi connectivity index (χ4v) is 3.71. The molecule has 23 heavy (non-hydrogen) atoms. The minimum Gasteiger partial charge on any atom is -0.444 e. The van der Waals surface area contributed by atoms with E-state index < -0.39 is 5.60 Å². The van der Waals surface area contributed by atoms with Crippen LogP contribution in [0.2, 0.25) is 0 Å². The predicted molar refractivity (Wildman–Crippen MR) is 93.6 cm³/mol. The van der Waals surface area contributed by atoms with Crippen molar-refractivity contribution in [2.45, 2.75) is 77.0 Å². The first-order valence-electron chi connectivity index (χ1n) is 9.25. The summed E-state index contributed by atoms with van der Waals surface area (Å²) in [6.07, 6.45) is 7.30. The highest BCUT2D eigenvalue weighted by Gasteiger charge is 2.29. The smallest absolute Gasteiger partial charge is 0.407 e. The maximum absolute atomic E-state index is 11.9. The maximum atomic E-state index is 11.9. The highest BCUT2D eigenvalue weighted by Crippen LogP contribution is 2.28. The van der Waals surface area contributed by atoms with Crippen molar-refractivity contribution < 1.29 is 9.53 Å². The maximum Gasteiger partial charge on any atom is 0.407 e. The van der Waals surface area contributed by atoms with Gasteiger partial charge in [-0.3, -0.25) is 0 Å². The van der Waals surface area contributed by atoms with Gasteiger partial charge >= 0.3 is 6.09 Å². The monoisotopic (exact) mass is 325 g/mol. The van der Waals surface area contributed by atoms with Gasteiger partial charge in [0.05, 0.1) is 0 Å². The van der Waals surface area contributed by atoms with Crippen LogP contribution in [0, 0.1) is 5.92 Å². The van der Waals surface area contributed by atoms with E-state index in [4.69, 9.17) is 4.74 Å². The van der Waals surface area contributed by atoms with E-state index in [2.05, 4.69) is 22.6 Å². The molecule has 2 rings (SSSR count). The summed E-state index contributed by atoms with van der Waals surface area (Å²) < 4.78 is 5.37. The van der Waals surface area contributed by atoms with Crippen LogP contribution in [0.1, 0.15) is 59.3 Å². The van der Waals surface area contributed by atoms with E-state index >= 15 is 0 Å². The Balaban J connectivity index is 1.83. The number of hydrogen-bond donors (Lipinski definition) is 2. The molecule has 1 unspecified atom stereocenters. The van der Waals surface area contributed by atoms with Crippen LogP contribution in [0.3, 0.4) is 0 Å². The van der Waals surface area contributed by atoms with Crippen molar-refractivity contribution in [3.05, 3.63) is 0 Å². The van der Waals surface area contributed by atoms with Crippen LogP contribution in [0.15, 0.2) is 0 Å².